The maximum atomic E-state index is 13.2. The van der Waals surface area contributed by atoms with Crippen LogP contribution in [0.15, 0.2) is 42.7 Å². The molecule has 2 aromatic heterocycles. The van der Waals surface area contributed by atoms with Gasteiger partial charge in [0.15, 0.2) is 6.10 Å². The zero-order chi connectivity index (χ0) is 29.9. The van der Waals surface area contributed by atoms with Gasteiger partial charge in [-0.25, -0.2) is 9.18 Å². The summed E-state index contributed by atoms with van der Waals surface area (Å²) in [5.41, 5.74) is 4.93. The number of carboxylic acids is 1. The Hall–Kier alpha value is -3.52. The normalized spacial score (nSPS) is 16.0. The molecule has 4 rings (SSSR count). The van der Waals surface area contributed by atoms with Crippen molar-refractivity contribution in [2.75, 3.05) is 24.6 Å². The van der Waals surface area contributed by atoms with Crippen molar-refractivity contribution in [1.29, 1.82) is 0 Å². The van der Waals surface area contributed by atoms with E-state index in [9.17, 15) is 14.3 Å². The lowest BCUT2D eigenvalue weighted by molar-refractivity contribution is -0.160. The molecule has 0 amide bonds. The van der Waals surface area contributed by atoms with E-state index in [-0.39, 0.29) is 11.2 Å². The Bertz CT molecular complexity index is 1370. The Morgan fingerprint density at radius 1 is 1.10 bits per heavy atom. The minimum absolute atomic E-state index is 0.217. The van der Waals surface area contributed by atoms with Crippen molar-refractivity contribution in [2.24, 2.45) is 5.41 Å². The smallest absolute Gasteiger partial charge is 0.337 e. The molecule has 1 aliphatic heterocycles. The maximum Gasteiger partial charge on any atom is 0.337 e. The molecule has 3 heterocycles. The van der Waals surface area contributed by atoms with Crippen LogP contribution in [0.5, 0.6) is 5.75 Å². The average Bonchev–Trinajstić information content (AvgIpc) is 2.89. The van der Waals surface area contributed by atoms with Crippen molar-refractivity contribution >= 4 is 11.7 Å². The van der Waals surface area contributed by atoms with Crippen LogP contribution in [0.25, 0.3) is 11.3 Å². The van der Waals surface area contributed by atoms with Gasteiger partial charge in [0.1, 0.15) is 11.6 Å². The topological polar surface area (TPSA) is 84.8 Å². The molecule has 7 nitrogen and oxygen atoms in total. The molecule has 1 unspecified atom stereocenters. The van der Waals surface area contributed by atoms with Gasteiger partial charge in [0.05, 0.1) is 29.8 Å². The van der Waals surface area contributed by atoms with Crippen LogP contribution in [-0.4, -0.2) is 46.3 Å². The second-order valence-corrected chi connectivity index (χ2v) is 12.7. The summed E-state index contributed by atoms with van der Waals surface area (Å²) in [4.78, 5) is 24.3. The van der Waals surface area contributed by atoms with E-state index in [1.165, 1.54) is 12.1 Å². The molecular formula is C33H42FN3O4. The molecule has 1 fully saturated rings. The van der Waals surface area contributed by atoms with Crippen LogP contribution >= 0.6 is 0 Å². The fourth-order valence-corrected chi connectivity index (χ4v) is 5.14. The fraction of sp³-hybridized carbons (Fsp3) is 0.485. The number of halogens is 1. The Labute approximate surface area is 242 Å². The van der Waals surface area contributed by atoms with Gasteiger partial charge in [0, 0.05) is 42.5 Å². The van der Waals surface area contributed by atoms with Crippen molar-refractivity contribution in [3.05, 3.63) is 70.9 Å². The molecule has 1 aliphatic rings. The molecule has 8 heteroatoms. The number of rotatable bonds is 9. The minimum atomic E-state index is -1.18. The van der Waals surface area contributed by atoms with Gasteiger partial charge >= 0.3 is 5.97 Å². The molecule has 1 aromatic carbocycles. The molecule has 3 aromatic rings. The van der Waals surface area contributed by atoms with Crippen molar-refractivity contribution in [1.82, 2.24) is 9.97 Å². The van der Waals surface area contributed by atoms with Crippen LogP contribution in [0.1, 0.15) is 75.9 Å². The predicted molar refractivity (Wildman–Crippen MR) is 159 cm³/mol. The van der Waals surface area contributed by atoms with E-state index in [4.69, 9.17) is 14.5 Å². The van der Waals surface area contributed by atoms with Gasteiger partial charge in [0.25, 0.3) is 0 Å². The number of carboxylic acid groups (broad SMARTS) is 1. The number of piperidine rings is 1. The Kier molecular flexibility index (Phi) is 9.02. The highest BCUT2D eigenvalue weighted by Gasteiger charge is 2.36. The minimum Gasteiger partial charge on any atom is -0.491 e. The first kappa shape index (κ1) is 30.4. The fourth-order valence-electron chi connectivity index (χ4n) is 5.14. The molecule has 0 saturated carbocycles. The quantitative estimate of drug-likeness (QED) is 0.298. The number of aliphatic carboxylic acids is 1. The van der Waals surface area contributed by atoms with E-state index in [0.717, 1.165) is 48.3 Å². The first-order valence-electron chi connectivity index (χ1n) is 14.2. The number of hydrogen-bond donors (Lipinski definition) is 1. The van der Waals surface area contributed by atoms with Crippen molar-refractivity contribution in [3.63, 3.8) is 0 Å². The monoisotopic (exact) mass is 563 g/mol. The average molecular weight is 564 g/mol. The summed E-state index contributed by atoms with van der Waals surface area (Å²) < 4.78 is 25.4. The lowest BCUT2D eigenvalue weighted by Gasteiger charge is -2.40. The second kappa shape index (κ2) is 12.1. The highest BCUT2D eigenvalue weighted by Crippen LogP contribution is 2.43. The Balaban J connectivity index is 1.71. The summed E-state index contributed by atoms with van der Waals surface area (Å²) in [6.45, 7) is 15.9. The molecule has 41 heavy (non-hydrogen) atoms. The lowest BCUT2D eigenvalue weighted by Crippen LogP contribution is -2.39. The van der Waals surface area contributed by atoms with Crippen LogP contribution in [0.4, 0.5) is 10.1 Å². The predicted octanol–water partition coefficient (Wildman–Crippen LogP) is 7.09. The zero-order valence-electron chi connectivity index (χ0n) is 25.3. The molecule has 1 N–H and O–H groups in total. The summed E-state index contributed by atoms with van der Waals surface area (Å²) in [5.74, 6) is -0.641. The number of anilines is 1. The Morgan fingerprint density at radius 3 is 2.34 bits per heavy atom. The van der Waals surface area contributed by atoms with Crippen LogP contribution in [0.3, 0.4) is 0 Å². The van der Waals surface area contributed by atoms with Crippen LogP contribution in [-0.2, 0) is 16.0 Å². The molecule has 0 radical (unpaired) electrons. The highest BCUT2D eigenvalue weighted by molar-refractivity contribution is 5.85. The third-order valence-corrected chi connectivity index (χ3v) is 7.58. The number of ether oxygens (including phenoxy) is 2. The number of nitrogens with zero attached hydrogens (tertiary/aromatic N) is 3. The number of hydrogen-bond acceptors (Lipinski definition) is 6. The standard InChI is InChI=1S/C33H42FN3O4/c1-21-18-26(36-20-27(21)40-17-12-23-8-10-24(34)11-9-23)25-19-35-22(2)28(30(31(38)39)41-32(3,4)5)29(25)37-15-13-33(6,7)14-16-37/h8-11,18-20,30H,12-17H2,1-7H3,(H,38,39). The number of aromatic nitrogens is 2. The summed E-state index contributed by atoms with van der Waals surface area (Å²) >= 11 is 0. The number of carbonyl (C=O) groups is 1. The van der Waals surface area contributed by atoms with Crippen LogP contribution in [0, 0.1) is 25.1 Å². The van der Waals surface area contributed by atoms with Crippen molar-refractivity contribution < 1.29 is 23.8 Å². The van der Waals surface area contributed by atoms with Gasteiger partial charge in [-0.2, -0.15) is 0 Å². The zero-order valence-corrected chi connectivity index (χ0v) is 25.3. The molecule has 0 bridgehead atoms. The van der Waals surface area contributed by atoms with E-state index in [1.54, 1.807) is 24.5 Å². The summed E-state index contributed by atoms with van der Waals surface area (Å²) in [6, 6.07) is 8.37. The molecule has 220 valence electrons. The SMILES string of the molecule is Cc1cc(-c2cnc(C)c(C(OC(C)(C)C)C(=O)O)c2N2CCC(C)(C)CC2)ncc1OCCc1ccc(F)cc1. The van der Waals surface area contributed by atoms with E-state index in [1.807, 2.05) is 40.7 Å². The van der Waals surface area contributed by atoms with Gasteiger partial charge < -0.3 is 19.5 Å². The van der Waals surface area contributed by atoms with Gasteiger partial charge in [-0.3, -0.25) is 9.97 Å². The van der Waals surface area contributed by atoms with Gasteiger partial charge in [0.2, 0.25) is 0 Å². The van der Waals surface area contributed by atoms with E-state index < -0.39 is 17.7 Å². The van der Waals surface area contributed by atoms with Gasteiger partial charge in [-0.05, 0) is 82.2 Å². The first-order valence-corrected chi connectivity index (χ1v) is 14.2. The van der Waals surface area contributed by atoms with E-state index in [2.05, 4.69) is 23.7 Å². The molecule has 0 spiro atoms. The van der Waals surface area contributed by atoms with Gasteiger partial charge in [-0.1, -0.05) is 26.0 Å². The van der Waals surface area contributed by atoms with Crippen LogP contribution in [0.2, 0.25) is 0 Å². The van der Waals surface area contributed by atoms with E-state index in [0.29, 0.717) is 35.7 Å². The third kappa shape index (κ3) is 7.61. The second-order valence-electron chi connectivity index (χ2n) is 12.7. The largest absolute Gasteiger partial charge is 0.491 e. The Morgan fingerprint density at radius 2 is 1.76 bits per heavy atom. The summed E-state index contributed by atoms with van der Waals surface area (Å²) in [6.07, 6.45) is 4.94. The van der Waals surface area contributed by atoms with Crippen LogP contribution < -0.4 is 9.64 Å². The number of pyridine rings is 2. The number of benzene rings is 1. The molecule has 0 aliphatic carbocycles. The van der Waals surface area contributed by atoms with Crippen molar-refractivity contribution in [3.8, 4) is 17.0 Å². The van der Waals surface area contributed by atoms with E-state index >= 15 is 0 Å². The molecular weight excluding hydrogens is 521 g/mol. The maximum absolute atomic E-state index is 13.2. The van der Waals surface area contributed by atoms with Crippen molar-refractivity contribution in [2.45, 2.75) is 79.4 Å². The first-order chi connectivity index (χ1) is 19.2. The third-order valence-electron chi connectivity index (χ3n) is 7.58. The molecule has 1 atom stereocenters. The van der Waals surface area contributed by atoms with Gasteiger partial charge in [-0.15, -0.1) is 0 Å². The summed E-state index contributed by atoms with van der Waals surface area (Å²) in [7, 11) is 0. The summed E-state index contributed by atoms with van der Waals surface area (Å²) in [5, 5.41) is 10.3. The molecule has 1 saturated heterocycles. The highest BCUT2D eigenvalue weighted by atomic mass is 19.1. The number of aryl methyl sites for hydroxylation is 2. The lowest BCUT2D eigenvalue weighted by atomic mass is 9.82.